The molecule has 5 heteroatoms. The third-order valence-corrected chi connectivity index (χ3v) is 5.10. The zero-order valence-corrected chi connectivity index (χ0v) is 16.2. The van der Waals surface area contributed by atoms with E-state index in [1.807, 2.05) is 62.3 Å². The third kappa shape index (κ3) is 4.19. The molecule has 2 aromatic carbocycles. The predicted molar refractivity (Wildman–Crippen MR) is 108 cm³/mol. The zero-order valence-electron chi connectivity index (χ0n) is 16.2. The second kappa shape index (κ2) is 8.35. The van der Waals surface area contributed by atoms with Crippen LogP contribution in [0.3, 0.4) is 0 Å². The number of carbonyl (C=O) groups is 2. The molecule has 0 bridgehead atoms. The topological polar surface area (TPSA) is 52.7 Å². The largest absolute Gasteiger partial charge is 0.350 e. The molecule has 1 atom stereocenters. The van der Waals surface area contributed by atoms with E-state index in [4.69, 9.17) is 0 Å². The summed E-state index contributed by atoms with van der Waals surface area (Å²) in [5.74, 6) is 0.0449. The van der Waals surface area contributed by atoms with Crippen LogP contribution in [-0.4, -0.2) is 43.9 Å². The van der Waals surface area contributed by atoms with E-state index in [1.54, 1.807) is 0 Å². The standard InChI is InChI=1S/C22H27N3O2/c1-4-21(26)25-13-12-17-14-18(10-11-19(17)25)22(27)23-15-20(24(2)3)16-8-6-5-7-9-16/h5-11,14,20H,4,12-13,15H2,1-3H3,(H,23,27). The lowest BCUT2D eigenvalue weighted by Gasteiger charge is -2.25. The van der Waals surface area contributed by atoms with Crippen molar-refractivity contribution in [3.05, 3.63) is 65.2 Å². The van der Waals surface area contributed by atoms with Crippen molar-refractivity contribution in [2.75, 3.05) is 32.1 Å². The van der Waals surface area contributed by atoms with E-state index in [9.17, 15) is 9.59 Å². The normalized spacial score (nSPS) is 14.1. The fraction of sp³-hybridized carbons (Fsp3) is 0.364. The molecular formula is C22H27N3O2. The molecule has 2 amide bonds. The summed E-state index contributed by atoms with van der Waals surface area (Å²) >= 11 is 0. The second-order valence-corrected chi connectivity index (χ2v) is 7.09. The van der Waals surface area contributed by atoms with Gasteiger partial charge in [-0.1, -0.05) is 37.3 Å². The Morgan fingerprint density at radius 2 is 1.89 bits per heavy atom. The Balaban J connectivity index is 1.69. The minimum absolute atomic E-state index is 0.0825. The monoisotopic (exact) mass is 365 g/mol. The van der Waals surface area contributed by atoms with Crippen molar-refractivity contribution in [2.45, 2.75) is 25.8 Å². The SMILES string of the molecule is CCC(=O)N1CCc2cc(C(=O)NCC(c3ccccc3)N(C)C)ccc21. The minimum atomic E-state index is -0.0825. The highest BCUT2D eigenvalue weighted by Crippen LogP contribution is 2.29. The van der Waals surface area contributed by atoms with Crippen LogP contribution in [0.15, 0.2) is 48.5 Å². The van der Waals surface area contributed by atoms with Crippen LogP contribution in [0.4, 0.5) is 5.69 Å². The number of nitrogens with one attached hydrogen (secondary N) is 1. The first-order chi connectivity index (χ1) is 13.0. The quantitative estimate of drug-likeness (QED) is 0.856. The molecule has 142 valence electrons. The van der Waals surface area contributed by atoms with Crippen molar-refractivity contribution in [2.24, 2.45) is 0 Å². The average Bonchev–Trinajstić information content (AvgIpc) is 3.11. The molecule has 3 rings (SSSR count). The molecule has 0 saturated heterocycles. The smallest absolute Gasteiger partial charge is 0.251 e. The molecule has 0 aromatic heterocycles. The molecule has 1 aliphatic rings. The van der Waals surface area contributed by atoms with Gasteiger partial charge in [0, 0.05) is 30.8 Å². The predicted octanol–water partition coefficient (Wildman–Crippen LogP) is 3.02. The summed E-state index contributed by atoms with van der Waals surface area (Å²) in [6.07, 6.45) is 1.29. The van der Waals surface area contributed by atoms with E-state index in [1.165, 1.54) is 5.56 Å². The summed E-state index contributed by atoms with van der Waals surface area (Å²) in [5.41, 5.74) is 3.82. The molecule has 1 aliphatic heterocycles. The number of rotatable bonds is 6. The minimum Gasteiger partial charge on any atom is -0.350 e. The molecule has 1 unspecified atom stereocenters. The highest BCUT2D eigenvalue weighted by atomic mass is 16.2. The van der Waals surface area contributed by atoms with Crippen molar-refractivity contribution in [1.29, 1.82) is 0 Å². The van der Waals surface area contributed by atoms with Gasteiger partial charge in [0.2, 0.25) is 5.91 Å². The lowest BCUT2D eigenvalue weighted by atomic mass is 10.1. The van der Waals surface area contributed by atoms with Gasteiger partial charge >= 0.3 is 0 Å². The maximum absolute atomic E-state index is 12.7. The Bertz CT molecular complexity index is 818. The maximum Gasteiger partial charge on any atom is 0.251 e. The molecule has 0 fully saturated rings. The molecule has 1 N–H and O–H groups in total. The van der Waals surface area contributed by atoms with Gasteiger partial charge in [-0.05, 0) is 49.8 Å². The number of nitrogens with zero attached hydrogens (tertiary/aromatic N) is 2. The van der Waals surface area contributed by atoms with Gasteiger partial charge in [0.25, 0.3) is 5.91 Å². The molecule has 1 heterocycles. The second-order valence-electron chi connectivity index (χ2n) is 7.09. The van der Waals surface area contributed by atoms with Crippen molar-refractivity contribution in [3.8, 4) is 0 Å². The molecule has 2 aromatic rings. The fourth-order valence-electron chi connectivity index (χ4n) is 3.56. The summed E-state index contributed by atoms with van der Waals surface area (Å²) in [5, 5.41) is 3.05. The number of anilines is 1. The molecule has 27 heavy (non-hydrogen) atoms. The molecule has 5 nitrogen and oxygen atoms in total. The van der Waals surface area contributed by atoms with Gasteiger partial charge in [0.15, 0.2) is 0 Å². The highest BCUT2D eigenvalue weighted by Gasteiger charge is 2.24. The van der Waals surface area contributed by atoms with E-state index < -0.39 is 0 Å². The molecule has 0 radical (unpaired) electrons. The average molecular weight is 365 g/mol. The Morgan fingerprint density at radius 1 is 1.15 bits per heavy atom. The third-order valence-electron chi connectivity index (χ3n) is 5.10. The Hall–Kier alpha value is -2.66. The van der Waals surface area contributed by atoms with Gasteiger partial charge < -0.3 is 15.1 Å². The van der Waals surface area contributed by atoms with E-state index in [0.717, 1.165) is 17.7 Å². The van der Waals surface area contributed by atoms with Crippen LogP contribution in [-0.2, 0) is 11.2 Å². The van der Waals surface area contributed by atoms with Gasteiger partial charge in [-0.2, -0.15) is 0 Å². The summed E-state index contributed by atoms with van der Waals surface area (Å²) in [4.78, 5) is 28.6. The fourth-order valence-corrected chi connectivity index (χ4v) is 3.56. The van der Waals surface area contributed by atoms with Gasteiger partial charge in [-0.3, -0.25) is 9.59 Å². The van der Waals surface area contributed by atoms with Gasteiger partial charge in [0.1, 0.15) is 0 Å². The summed E-state index contributed by atoms with van der Waals surface area (Å²) in [7, 11) is 4.02. The van der Waals surface area contributed by atoms with Crippen molar-refractivity contribution >= 4 is 17.5 Å². The van der Waals surface area contributed by atoms with Crippen LogP contribution in [0.5, 0.6) is 0 Å². The van der Waals surface area contributed by atoms with E-state index in [-0.39, 0.29) is 17.9 Å². The number of hydrogen-bond donors (Lipinski definition) is 1. The number of hydrogen-bond acceptors (Lipinski definition) is 3. The van der Waals surface area contributed by atoms with Crippen LogP contribution < -0.4 is 10.2 Å². The van der Waals surface area contributed by atoms with Crippen LogP contribution in [0.25, 0.3) is 0 Å². The highest BCUT2D eigenvalue weighted by molar-refractivity contribution is 5.98. The Labute approximate surface area is 161 Å². The molecular weight excluding hydrogens is 338 g/mol. The van der Waals surface area contributed by atoms with Crippen LogP contribution in [0, 0.1) is 0 Å². The zero-order chi connectivity index (χ0) is 19.4. The molecule has 0 spiro atoms. The summed E-state index contributed by atoms with van der Waals surface area (Å²) in [6, 6.07) is 15.9. The van der Waals surface area contributed by atoms with Crippen molar-refractivity contribution in [3.63, 3.8) is 0 Å². The molecule has 0 saturated carbocycles. The number of carbonyl (C=O) groups excluding carboxylic acids is 2. The van der Waals surface area contributed by atoms with E-state index in [0.29, 0.717) is 25.1 Å². The number of benzene rings is 2. The van der Waals surface area contributed by atoms with Crippen LogP contribution >= 0.6 is 0 Å². The van der Waals surface area contributed by atoms with E-state index >= 15 is 0 Å². The molecule has 0 aliphatic carbocycles. The van der Waals surface area contributed by atoms with Gasteiger partial charge in [0.05, 0.1) is 6.04 Å². The number of likely N-dealkylation sites (N-methyl/N-ethyl adjacent to an activating group) is 1. The Morgan fingerprint density at radius 3 is 2.56 bits per heavy atom. The maximum atomic E-state index is 12.7. The lowest BCUT2D eigenvalue weighted by molar-refractivity contribution is -0.118. The first-order valence-corrected chi connectivity index (χ1v) is 9.44. The van der Waals surface area contributed by atoms with E-state index in [2.05, 4.69) is 22.3 Å². The summed E-state index contributed by atoms with van der Waals surface area (Å²) < 4.78 is 0. The van der Waals surface area contributed by atoms with Gasteiger partial charge in [-0.15, -0.1) is 0 Å². The van der Waals surface area contributed by atoms with Crippen molar-refractivity contribution in [1.82, 2.24) is 10.2 Å². The Kier molecular flexibility index (Phi) is 5.91. The first kappa shape index (κ1) is 19.1. The summed E-state index contributed by atoms with van der Waals surface area (Å²) in [6.45, 7) is 3.10. The van der Waals surface area contributed by atoms with Crippen LogP contribution in [0.1, 0.15) is 40.9 Å². The first-order valence-electron chi connectivity index (χ1n) is 9.44. The van der Waals surface area contributed by atoms with Crippen molar-refractivity contribution < 1.29 is 9.59 Å². The van der Waals surface area contributed by atoms with Gasteiger partial charge in [-0.25, -0.2) is 0 Å². The number of amides is 2. The number of fused-ring (bicyclic) bond motifs is 1. The van der Waals surface area contributed by atoms with Crippen LogP contribution in [0.2, 0.25) is 0 Å². The lowest BCUT2D eigenvalue weighted by Crippen LogP contribution is -2.34.